The highest BCUT2D eigenvalue weighted by atomic mass is 79.9. The average molecular weight is 206 g/mol. The zero-order chi connectivity index (χ0) is 8.15. The lowest BCUT2D eigenvalue weighted by molar-refractivity contribution is 0.552. The smallest absolute Gasteiger partial charge is 0.0987 e. The lowest BCUT2D eigenvalue weighted by atomic mass is 10.7. The molecule has 0 fully saturated rings. The maximum Gasteiger partial charge on any atom is 0.0987 e. The van der Waals surface area contributed by atoms with Crippen molar-refractivity contribution in [1.29, 1.82) is 0 Å². The van der Waals surface area contributed by atoms with Crippen LogP contribution >= 0.6 is 15.9 Å². The third kappa shape index (κ3) is 4.38. The number of nitrogens with two attached hydrogens (primary N) is 1. The van der Waals surface area contributed by atoms with Crippen molar-refractivity contribution in [3.63, 3.8) is 0 Å². The van der Waals surface area contributed by atoms with Crippen molar-refractivity contribution in [2.45, 2.75) is 6.92 Å². The first-order valence-electron chi connectivity index (χ1n) is 2.87. The zero-order valence-electron chi connectivity index (χ0n) is 6.43. The van der Waals surface area contributed by atoms with Crippen molar-refractivity contribution in [1.82, 2.24) is 4.90 Å². The topological polar surface area (TPSA) is 41.6 Å². The Morgan fingerprint density at radius 1 is 1.60 bits per heavy atom. The quantitative estimate of drug-likeness (QED) is 0.418. The van der Waals surface area contributed by atoms with E-state index in [-0.39, 0.29) is 0 Å². The Morgan fingerprint density at radius 3 is 2.40 bits per heavy atom. The summed E-state index contributed by atoms with van der Waals surface area (Å²) >= 11 is 3.30. The summed E-state index contributed by atoms with van der Waals surface area (Å²) < 4.78 is 0.900. The minimum Gasteiger partial charge on any atom is -0.387 e. The normalized spacial score (nSPS) is 13.6. The molecule has 0 bridgehead atoms. The van der Waals surface area contributed by atoms with Crippen molar-refractivity contribution in [3.05, 3.63) is 10.8 Å². The van der Waals surface area contributed by atoms with Crippen LogP contribution in [0.4, 0.5) is 0 Å². The fraction of sp³-hybridized carbons (Fsp3) is 0.500. The molecule has 4 heteroatoms. The molecule has 0 aromatic carbocycles. The molecular formula is C6H12BrN3. The molecule has 58 valence electrons. The van der Waals surface area contributed by atoms with E-state index in [1.54, 1.807) is 13.1 Å². The molecule has 0 amide bonds. The van der Waals surface area contributed by atoms with E-state index in [1.165, 1.54) is 0 Å². The molecule has 0 atom stereocenters. The van der Waals surface area contributed by atoms with E-state index >= 15 is 0 Å². The summed E-state index contributed by atoms with van der Waals surface area (Å²) in [4.78, 5) is 5.78. The Balaban J connectivity index is 4.05. The van der Waals surface area contributed by atoms with Gasteiger partial charge in [-0.1, -0.05) is 0 Å². The lowest BCUT2D eigenvalue weighted by Gasteiger charge is -2.08. The highest BCUT2D eigenvalue weighted by Crippen LogP contribution is 2.06. The molecular weight excluding hydrogens is 194 g/mol. The SMILES string of the molecule is CC(N)=N/C=C(/Br)N(C)C. The Kier molecular flexibility index (Phi) is 4.11. The van der Waals surface area contributed by atoms with Gasteiger partial charge in [0.05, 0.1) is 16.6 Å². The van der Waals surface area contributed by atoms with Crippen molar-refractivity contribution < 1.29 is 0 Å². The lowest BCUT2D eigenvalue weighted by Crippen LogP contribution is -2.07. The molecule has 0 aromatic heterocycles. The van der Waals surface area contributed by atoms with Gasteiger partial charge in [-0.15, -0.1) is 0 Å². The van der Waals surface area contributed by atoms with E-state index in [2.05, 4.69) is 20.9 Å². The summed E-state index contributed by atoms with van der Waals surface area (Å²) in [5, 5.41) is 0. The maximum absolute atomic E-state index is 5.31. The second-order valence-corrected chi connectivity index (χ2v) is 2.93. The van der Waals surface area contributed by atoms with Crippen LogP contribution in [0.1, 0.15) is 6.92 Å². The summed E-state index contributed by atoms with van der Waals surface area (Å²) in [6, 6.07) is 0. The molecule has 0 radical (unpaired) electrons. The molecule has 0 spiro atoms. The van der Waals surface area contributed by atoms with Gasteiger partial charge in [-0.05, 0) is 22.9 Å². The molecule has 3 nitrogen and oxygen atoms in total. The van der Waals surface area contributed by atoms with E-state index in [9.17, 15) is 0 Å². The van der Waals surface area contributed by atoms with E-state index in [4.69, 9.17) is 5.73 Å². The first-order valence-corrected chi connectivity index (χ1v) is 3.66. The van der Waals surface area contributed by atoms with Gasteiger partial charge < -0.3 is 10.6 Å². The molecule has 0 rings (SSSR count). The summed E-state index contributed by atoms with van der Waals surface area (Å²) in [7, 11) is 3.84. The molecule has 2 N–H and O–H groups in total. The summed E-state index contributed by atoms with van der Waals surface area (Å²) in [6.07, 6.45) is 1.66. The molecule has 0 aliphatic rings. The number of aliphatic imine (C=N–C) groups is 1. The van der Waals surface area contributed by atoms with Crippen LogP contribution in [0.2, 0.25) is 0 Å². The van der Waals surface area contributed by atoms with Gasteiger partial charge in [0.25, 0.3) is 0 Å². The van der Waals surface area contributed by atoms with E-state index in [1.807, 2.05) is 19.0 Å². The number of hydrogen-bond donors (Lipinski definition) is 1. The van der Waals surface area contributed by atoms with Crippen LogP contribution in [-0.2, 0) is 0 Å². The third-order valence-corrected chi connectivity index (χ3v) is 1.72. The van der Waals surface area contributed by atoms with Gasteiger partial charge in [-0.25, -0.2) is 4.99 Å². The predicted molar refractivity (Wildman–Crippen MR) is 48.0 cm³/mol. The van der Waals surface area contributed by atoms with Crippen LogP contribution < -0.4 is 5.73 Å². The molecule has 0 heterocycles. The first-order chi connectivity index (χ1) is 4.54. The van der Waals surface area contributed by atoms with Crippen LogP contribution in [0, 0.1) is 0 Å². The van der Waals surface area contributed by atoms with Crippen LogP contribution in [0.3, 0.4) is 0 Å². The number of amidine groups is 1. The number of hydrogen-bond acceptors (Lipinski definition) is 2. The standard InChI is InChI=1S/C6H12BrN3/c1-5(8)9-4-6(7)10(2)3/h4H,1-3H3,(H2,8,9)/b6-4-. The summed E-state index contributed by atoms with van der Waals surface area (Å²) in [5.41, 5.74) is 5.31. The van der Waals surface area contributed by atoms with Crippen LogP contribution in [0.5, 0.6) is 0 Å². The molecule has 0 saturated heterocycles. The minimum atomic E-state index is 0.554. The molecule has 0 aliphatic heterocycles. The van der Waals surface area contributed by atoms with Gasteiger partial charge in [0.15, 0.2) is 0 Å². The van der Waals surface area contributed by atoms with E-state index < -0.39 is 0 Å². The Labute approximate surface area is 69.7 Å². The van der Waals surface area contributed by atoms with Gasteiger partial charge in [0.1, 0.15) is 0 Å². The average Bonchev–Trinajstić information content (AvgIpc) is 1.82. The van der Waals surface area contributed by atoms with Crippen molar-refractivity contribution >= 4 is 21.8 Å². The molecule has 10 heavy (non-hydrogen) atoms. The molecule has 0 saturated carbocycles. The molecule has 0 aliphatic carbocycles. The predicted octanol–water partition coefficient (Wildman–Crippen LogP) is 1.12. The second kappa shape index (κ2) is 4.33. The van der Waals surface area contributed by atoms with Crippen molar-refractivity contribution in [2.24, 2.45) is 10.7 Å². The fourth-order valence-electron chi connectivity index (χ4n) is 0.271. The first kappa shape index (κ1) is 9.49. The fourth-order valence-corrected chi connectivity index (χ4v) is 0.373. The monoisotopic (exact) mass is 205 g/mol. The van der Waals surface area contributed by atoms with Crippen molar-refractivity contribution in [2.75, 3.05) is 14.1 Å². The summed E-state index contributed by atoms with van der Waals surface area (Å²) in [6.45, 7) is 1.74. The van der Waals surface area contributed by atoms with Gasteiger partial charge in [0, 0.05) is 14.1 Å². The number of nitrogens with zero attached hydrogens (tertiary/aromatic N) is 2. The number of rotatable bonds is 2. The maximum atomic E-state index is 5.31. The van der Waals surface area contributed by atoms with Gasteiger partial charge >= 0.3 is 0 Å². The third-order valence-electron chi connectivity index (χ3n) is 0.802. The second-order valence-electron chi connectivity index (χ2n) is 2.12. The van der Waals surface area contributed by atoms with Gasteiger partial charge in [-0.3, -0.25) is 0 Å². The number of halogens is 1. The van der Waals surface area contributed by atoms with Gasteiger partial charge in [-0.2, -0.15) is 0 Å². The Morgan fingerprint density at radius 2 is 2.10 bits per heavy atom. The highest BCUT2D eigenvalue weighted by molar-refractivity contribution is 9.11. The molecule has 0 unspecified atom stereocenters. The Bertz CT molecular complexity index is 156. The van der Waals surface area contributed by atoms with Crippen molar-refractivity contribution in [3.8, 4) is 0 Å². The highest BCUT2D eigenvalue weighted by Gasteiger charge is 1.89. The van der Waals surface area contributed by atoms with Crippen LogP contribution in [-0.4, -0.2) is 24.8 Å². The Hall–Kier alpha value is -0.510. The summed E-state index contributed by atoms with van der Waals surface area (Å²) in [5.74, 6) is 0.554. The largest absolute Gasteiger partial charge is 0.387 e. The minimum absolute atomic E-state index is 0.554. The van der Waals surface area contributed by atoms with Gasteiger partial charge in [0.2, 0.25) is 0 Å². The van der Waals surface area contributed by atoms with E-state index in [0.717, 1.165) is 4.61 Å². The van der Waals surface area contributed by atoms with E-state index in [0.29, 0.717) is 5.84 Å². The van der Waals surface area contributed by atoms with Crippen LogP contribution in [0.15, 0.2) is 15.8 Å². The zero-order valence-corrected chi connectivity index (χ0v) is 8.01. The molecule has 0 aromatic rings. The van der Waals surface area contributed by atoms with Crippen LogP contribution in [0.25, 0.3) is 0 Å².